The molecule has 0 aliphatic carbocycles. The maximum absolute atomic E-state index is 12.1. The van der Waals surface area contributed by atoms with Crippen molar-refractivity contribution in [3.63, 3.8) is 0 Å². The Morgan fingerprint density at radius 3 is 2.20 bits per heavy atom. The fourth-order valence-electron chi connectivity index (χ4n) is 2.50. The van der Waals surface area contributed by atoms with Crippen LogP contribution in [0.1, 0.15) is 22.8 Å². The van der Waals surface area contributed by atoms with Gasteiger partial charge in [0.25, 0.3) is 11.8 Å². The van der Waals surface area contributed by atoms with Gasteiger partial charge in [-0.2, -0.15) is 5.10 Å². The van der Waals surface area contributed by atoms with Crippen molar-refractivity contribution in [1.82, 2.24) is 10.7 Å². The molecule has 0 saturated carbocycles. The van der Waals surface area contributed by atoms with Crippen LogP contribution in [-0.4, -0.2) is 52.5 Å². The Kier molecular flexibility index (Phi) is 8.49. The highest BCUT2D eigenvalue weighted by molar-refractivity contribution is 5.96. The van der Waals surface area contributed by atoms with Gasteiger partial charge in [0.15, 0.2) is 11.5 Å². The Morgan fingerprint density at radius 2 is 1.60 bits per heavy atom. The first-order chi connectivity index (χ1) is 14.5. The van der Waals surface area contributed by atoms with Crippen molar-refractivity contribution in [1.29, 1.82) is 0 Å². The van der Waals surface area contributed by atoms with Gasteiger partial charge in [-0.1, -0.05) is 0 Å². The lowest BCUT2D eigenvalue weighted by Crippen LogP contribution is -2.34. The predicted molar refractivity (Wildman–Crippen MR) is 112 cm³/mol. The van der Waals surface area contributed by atoms with Gasteiger partial charge in [0.2, 0.25) is 0 Å². The molecule has 9 nitrogen and oxygen atoms in total. The summed E-state index contributed by atoms with van der Waals surface area (Å²) in [5.74, 6) is 1.31. The van der Waals surface area contributed by atoms with Gasteiger partial charge in [-0.05, 0) is 37.3 Å². The van der Waals surface area contributed by atoms with Gasteiger partial charge in [-0.15, -0.1) is 0 Å². The zero-order valence-corrected chi connectivity index (χ0v) is 17.4. The molecule has 9 heteroatoms. The number of carbonyl (C=O) groups is 2. The summed E-state index contributed by atoms with van der Waals surface area (Å²) in [6, 6.07) is 9.96. The van der Waals surface area contributed by atoms with Crippen LogP contribution in [0.25, 0.3) is 0 Å². The summed E-state index contributed by atoms with van der Waals surface area (Å²) in [4.78, 5) is 24.1. The van der Waals surface area contributed by atoms with E-state index >= 15 is 0 Å². The zero-order valence-electron chi connectivity index (χ0n) is 17.4. The van der Waals surface area contributed by atoms with Gasteiger partial charge in [-0.3, -0.25) is 9.59 Å². The van der Waals surface area contributed by atoms with Crippen molar-refractivity contribution in [2.45, 2.75) is 6.92 Å². The highest BCUT2D eigenvalue weighted by atomic mass is 16.5. The SMILES string of the molecule is CCOc1ccc(C(=O)NCC(=O)NN=Cc2cc(OC)c(OC)cc2OC)cc1. The number of nitrogens with one attached hydrogen (secondary N) is 2. The normalized spacial score (nSPS) is 10.4. The molecular weight excluding hydrogens is 390 g/mol. The number of methoxy groups -OCH3 is 3. The van der Waals surface area contributed by atoms with Crippen molar-refractivity contribution >= 4 is 18.0 Å². The number of amides is 2. The molecule has 2 N–H and O–H groups in total. The number of rotatable bonds is 10. The first-order valence-corrected chi connectivity index (χ1v) is 9.15. The number of hydrogen-bond acceptors (Lipinski definition) is 7. The minimum Gasteiger partial charge on any atom is -0.496 e. The Balaban J connectivity index is 1.91. The van der Waals surface area contributed by atoms with Gasteiger partial charge >= 0.3 is 0 Å². The Bertz CT molecular complexity index is 896. The number of hydrogen-bond donors (Lipinski definition) is 2. The fraction of sp³-hybridized carbons (Fsp3) is 0.286. The Morgan fingerprint density at radius 1 is 0.967 bits per heavy atom. The van der Waals surface area contributed by atoms with E-state index in [1.54, 1.807) is 36.4 Å². The number of ether oxygens (including phenoxy) is 4. The van der Waals surface area contributed by atoms with E-state index in [9.17, 15) is 9.59 Å². The lowest BCUT2D eigenvalue weighted by molar-refractivity contribution is -0.120. The third-order valence-corrected chi connectivity index (χ3v) is 3.97. The van der Waals surface area contributed by atoms with Crippen LogP contribution >= 0.6 is 0 Å². The molecule has 30 heavy (non-hydrogen) atoms. The first-order valence-electron chi connectivity index (χ1n) is 9.15. The van der Waals surface area contributed by atoms with Crippen LogP contribution < -0.4 is 29.7 Å². The maximum Gasteiger partial charge on any atom is 0.259 e. The molecule has 0 bridgehead atoms. The Hall–Kier alpha value is -3.75. The molecule has 2 rings (SSSR count). The van der Waals surface area contributed by atoms with Crippen molar-refractivity contribution in [2.24, 2.45) is 5.10 Å². The zero-order chi connectivity index (χ0) is 21.9. The van der Waals surface area contributed by atoms with Crippen LogP contribution in [0, 0.1) is 0 Å². The standard InChI is InChI=1S/C21H25N3O6/c1-5-30-16-8-6-14(7-9-16)21(26)22-13-20(25)24-23-12-15-10-18(28-3)19(29-4)11-17(15)27-2/h6-12H,5,13H2,1-4H3,(H,22,26)(H,24,25). The van der Waals surface area contributed by atoms with Crippen molar-refractivity contribution in [2.75, 3.05) is 34.5 Å². The van der Waals surface area contributed by atoms with Crippen LogP contribution in [0.4, 0.5) is 0 Å². The summed E-state index contributed by atoms with van der Waals surface area (Å²) >= 11 is 0. The molecule has 0 saturated heterocycles. The van der Waals surface area contributed by atoms with Crippen LogP contribution in [0.2, 0.25) is 0 Å². The van der Waals surface area contributed by atoms with E-state index < -0.39 is 5.91 Å². The average Bonchev–Trinajstić information content (AvgIpc) is 2.77. The van der Waals surface area contributed by atoms with Crippen LogP contribution in [-0.2, 0) is 4.79 Å². The van der Waals surface area contributed by atoms with Crippen LogP contribution in [0.3, 0.4) is 0 Å². The van der Waals surface area contributed by atoms with Gasteiger partial charge in [0.1, 0.15) is 11.5 Å². The molecule has 0 fully saturated rings. The molecule has 2 amide bonds. The number of carbonyl (C=O) groups excluding carboxylic acids is 2. The minimum absolute atomic E-state index is 0.230. The molecule has 160 valence electrons. The molecule has 0 radical (unpaired) electrons. The summed E-state index contributed by atoms with van der Waals surface area (Å²) in [6.07, 6.45) is 1.41. The van der Waals surface area contributed by atoms with E-state index in [4.69, 9.17) is 18.9 Å². The number of nitrogens with zero attached hydrogens (tertiary/aromatic N) is 1. The predicted octanol–water partition coefficient (Wildman–Crippen LogP) is 1.99. The van der Waals surface area contributed by atoms with Crippen molar-refractivity contribution < 1.29 is 28.5 Å². The van der Waals surface area contributed by atoms with Gasteiger partial charge in [0, 0.05) is 17.2 Å². The average molecular weight is 415 g/mol. The van der Waals surface area contributed by atoms with Gasteiger partial charge < -0.3 is 24.3 Å². The summed E-state index contributed by atoms with van der Waals surface area (Å²) in [5, 5.41) is 6.42. The summed E-state index contributed by atoms with van der Waals surface area (Å²) < 4.78 is 21.1. The van der Waals surface area contributed by atoms with E-state index in [1.165, 1.54) is 27.5 Å². The minimum atomic E-state index is -0.482. The number of benzene rings is 2. The quantitative estimate of drug-likeness (QED) is 0.454. The van der Waals surface area contributed by atoms with Crippen molar-refractivity contribution in [3.8, 4) is 23.0 Å². The van der Waals surface area contributed by atoms with Crippen molar-refractivity contribution in [3.05, 3.63) is 47.5 Å². The topological polar surface area (TPSA) is 107 Å². The van der Waals surface area contributed by atoms with Gasteiger partial charge in [0.05, 0.1) is 40.7 Å². The number of hydrazone groups is 1. The molecule has 0 aliphatic rings. The summed E-state index contributed by atoms with van der Waals surface area (Å²) in [7, 11) is 4.54. The lowest BCUT2D eigenvalue weighted by Gasteiger charge is -2.11. The summed E-state index contributed by atoms with van der Waals surface area (Å²) in [5.41, 5.74) is 3.35. The second kappa shape index (κ2) is 11.3. The monoisotopic (exact) mass is 415 g/mol. The van der Waals surface area contributed by atoms with E-state index in [0.29, 0.717) is 40.7 Å². The van der Waals surface area contributed by atoms with E-state index in [2.05, 4.69) is 15.8 Å². The third-order valence-electron chi connectivity index (χ3n) is 3.97. The largest absolute Gasteiger partial charge is 0.496 e. The molecule has 0 aromatic heterocycles. The molecule has 0 aliphatic heterocycles. The lowest BCUT2D eigenvalue weighted by atomic mass is 10.2. The van der Waals surface area contributed by atoms with Crippen LogP contribution in [0.5, 0.6) is 23.0 Å². The molecule has 2 aromatic carbocycles. The molecule has 2 aromatic rings. The third kappa shape index (κ3) is 6.13. The van der Waals surface area contributed by atoms with Gasteiger partial charge in [-0.25, -0.2) is 5.43 Å². The van der Waals surface area contributed by atoms with E-state index in [1.807, 2.05) is 6.92 Å². The van der Waals surface area contributed by atoms with E-state index in [-0.39, 0.29) is 12.5 Å². The highest BCUT2D eigenvalue weighted by Gasteiger charge is 2.11. The molecule has 0 spiro atoms. The molecule has 0 heterocycles. The maximum atomic E-state index is 12.1. The fourth-order valence-corrected chi connectivity index (χ4v) is 2.50. The first kappa shape index (κ1) is 22.5. The molecule has 0 unspecified atom stereocenters. The van der Waals surface area contributed by atoms with Crippen LogP contribution in [0.15, 0.2) is 41.5 Å². The smallest absolute Gasteiger partial charge is 0.259 e. The second-order valence-electron chi connectivity index (χ2n) is 5.88. The Labute approximate surface area is 175 Å². The van der Waals surface area contributed by atoms with E-state index in [0.717, 1.165) is 0 Å². The molecular formula is C21H25N3O6. The second-order valence-corrected chi connectivity index (χ2v) is 5.88. The molecule has 0 atom stereocenters. The summed E-state index contributed by atoms with van der Waals surface area (Å²) in [6.45, 7) is 2.19. The highest BCUT2D eigenvalue weighted by Crippen LogP contribution is 2.33.